The first-order valence-electron chi connectivity index (χ1n) is 4.88. The van der Waals surface area contributed by atoms with E-state index in [1.807, 2.05) is 0 Å². The summed E-state index contributed by atoms with van der Waals surface area (Å²) in [6.45, 7) is 11.4. The third-order valence-electron chi connectivity index (χ3n) is 3.53. The molecule has 0 saturated heterocycles. The lowest BCUT2D eigenvalue weighted by Gasteiger charge is -2.37. The average Bonchev–Trinajstić information content (AvgIpc) is 2.02. The fourth-order valence-electron chi connectivity index (χ4n) is 1.43. The molecule has 0 N–H and O–H groups in total. The fraction of sp³-hybridized carbons (Fsp3) is 0.833. The molecule has 0 radical (unpaired) electrons. The van der Waals surface area contributed by atoms with Crippen LogP contribution in [0, 0.1) is 28.6 Å². The lowest BCUT2D eigenvalue weighted by atomic mass is 9.67. The molecule has 0 nitrogen and oxygen atoms in total. The highest BCUT2D eigenvalue weighted by Gasteiger charge is 2.36. The van der Waals surface area contributed by atoms with Crippen LogP contribution in [0.3, 0.4) is 0 Å². The molecule has 0 aromatic heterocycles. The van der Waals surface area contributed by atoms with Crippen molar-refractivity contribution in [1.29, 1.82) is 0 Å². The van der Waals surface area contributed by atoms with Gasteiger partial charge in [-0.25, -0.2) is 0 Å². The van der Waals surface area contributed by atoms with E-state index in [9.17, 15) is 0 Å². The minimum Gasteiger partial charge on any atom is -0.0996 e. The van der Waals surface area contributed by atoms with Gasteiger partial charge >= 0.3 is 0 Å². The van der Waals surface area contributed by atoms with Crippen LogP contribution in [0.15, 0.2) is 0 Å². The van der Waals surface area contributed by atoms with E-state index in [1.54, 1.807) is 0 Å². The van der Waals surface area contributed by atoms with Crippen molar-refractivity contribution in [2.45, 2.75) is 47.5 Å². The van der Waals surface area contributed by atoms with Crippen LogP contribution in [0.25, 0.3) is 0 Å². The van der Waals surface area contributed by atoms with Crippen molar-refractivity contribution in [2.24, 2.45) is 16.7 Å². The summed E-state index contributed by atoms with van der Waals surface area (Å²) in [5, 5.41) is 0. The summed E-state index contributed by atoms with van der Waals surface area (Å²) in [6.07, 6.45) is 2.53. The van der Waals surface area contributed by atoms with Crippen LogP contribution in [0.1, 0.15) is 47.5 Å². The molecule has 68 valence electrons. The maximum atomic E-state index is 3.41. The molecule has 1 atom stereocenters. The predicted molar refractivity (Wildman–Crippen MR) is 53.7 cm³/mol. The predicted octanol–water partition coefficient (Wildman–Crippen LogP) is 3.47. The summed E-state index contributed by atoms with van der Waals surface area (Å²) in [5.41, 5.74) is 0.544. The molecule has 0 aromatic carbocycles. The Bertz CT molecular complexity index is 222. The number of rotatable bonds is 0. The average molecular weight is 164 g/mol. The van der Waals surface area contributed by atoms with Gasteiger partial charge in [-0.2, -0.15) is 0 Å². The number of hydrogen-bond acceptors (Lipinski definition) is 0. The smallest absolute Gasteiger partial charge is 0.0309 e. The minimum atomic E-state index is 0.178. The maximum absolute atomic E-state index is 3.41. The fourth-order valence-corrected chi connectivity index (χ4v) is 1.43. The van der Waals surface area contributed by atoms with Gasteiger partial charge in [-0.1, -0.05) is 32.6 Å². The molecule has 0 heteroatoms. The molecule has 12 heavy (non-hydrogen) atoms. The Hall–Kier alpha value is -0.440. The Morgan fingerprint density at radius 1 is 1.17 bits per heavy atom. The summed E-state index contributed by atoms with van der Waals surface area (Å²) >= 11 is 0. The second-order valence-electron chi connectivity index (χ2n) is 5.22. The highest BCUT2D eigenvalue weighted by molar-refractivity contribution is 5.17. The molecule has 0 heterocycles. The van der Waals surface area contributed by atoms with Crippen molar-refractivity contribution in [2.75, 3.05) is 0 Å². The molecule has 1 aliphatic rings. The van der Waals surface area contributed by atoms with Crippen LogP contribution < -0.4 is 0 Å². The van der Waals surface area contributed by atoms with Crippen LogP contribution in [-0.4, -0.2) is 0 Å². The summed E-state index contributed by atoms with van der Waals surface area (Å²) in [6, 6.07) is 0. The van der Waals surface area contributed by atoms with Gasteiger partial charge in [0, 0.05) is 11.3 Å². The second kappa shape index (κ2) is 2.80. The largest absolute Gasteiger partial charge is 0.0996 e. The summed E-state index contributed by atoms with van der Waals surface area (Å²) < 4.78 is 0. The Labute approximate surface area is 76.7 Å². The van der Waals surface area contributed by atoms with Crippen LogP contribution in [0.2, 0.25) is 0 Å². The quantitative estimate of drug-likeness (QED) is 0.481. The second-order valence-corrected chi connectivity index (χ2v) is 5.22. The first-order chi connectivity index (χ1) is 5.35. The zero-order valence-corrected chi connectivity index (χ0v) is 8.99. The van der Waals surface area contributed by atoms with Crippen LogP contribution in [-0.2, 0) is 0 Å². The molecule has 0 bridgehead atoms. The van der Waals surface area contributed by atoms with Crippen molar-refractivity contribution >= 4 is 0 Å². The molecule has 0 saturated carbocycles. The molecule has 0 fully saturated rings. The van der Waals surface area contributed by atoms with E-state index in [1.165, 1.54) is 12.8 Å². The Morgan fingerprint density at radius 3 is 2.33 bits per heavy atom. The molecule has 0 spiro atoms. The van der Waals surface area contributed by atoms with Crippen molar-refractivity contribution in [3.05, 3.63) is 0 Å². The molecule has 1 aliphatic carbocycles. The lowest BCUT2D eigenvalue weighted by Crippen LogP contribution is -2.30. The van der Waals surface area contributed by atoms with Gasteiger partial charge in [0.05, 0.1) is 0 Å². The SMILES string of the molecule is CC1C#CC(C)(C)C(C)(C)CC1. The van der Waals surface area contributed by atoms with E-state index in [4.69, 9.17) is 0 Å². The highest BCUT2D eigenvalue weighted by atomic mass is 14.4. The van der Waals surface area contributed by atoms with E-state index >= 15 is 0 Å². The van der Waals surface area contributed by atoms with Gasteiger partial charge in [0.15, 0.2) is 0 Å². The Morgan fingerprint density at radius 2 is 1.75 bits per heavy atom. The molecule has 1 rings (SSSR count). The van der Waals surface area contributed by atoms with Crippen molar-refractivity contribution < 1.29 is 0 Å². The molecular weight excluding hydrogens is 144 g/mol. The Balaban J connectivity index is 2.94. The highest BCUT2D eigenvalue weighted by Crippen LogP contribution is 2.43. The molecule has 0 amide bonds. The summed E-state index contributed by atoms with van der Waals surface area (Å²) in [5.74, 6) is 7.34. The van der Waals surface area contributed by atoms with Crippen LogP contribution >= 0.6 is 0 Å². The number of hydrogen-bond donors (Lipinski definition) is 0. The first kappa shape index (κ1) is 9.65. The van der Waals surface area contributed by atoms with Gasteiger partial charge < -0.3 is 0 Å². The van der Waals surface area contributed by atoms with Crippen LogP contribution in [0.5, 0.6) is 0 Å². The molecule has 0 aliphatic heterocycles. The van der Waals surface area contributed by atoms with E-state index in [0.29, 0.717) is 11.3 Å². The van der Waals surface area contributed by atoms with Gasteiger partial charge in [0.2, 0.25) is 0 Å². The normalized spacial score (nSPS) is 31.6. The van der Waals surface area contributed by atoms with Gasteiger partial charge in [0.1, 0.15) is 0 Å². The standard InChI is InChI=1S/C12H20/c1-10-6-8-11(2,3)12(4,5)9-7-10/h10H,6,8H2,1-5H3. The topological polar surface area (TPSA) is 0 Å². The zero-order chi connectivity index (χ0) is 9.41. The van der Waals surface area contributed by atoms with E-state index in [-0.39, 0.29) is 5.41 Å². The Kier molecular flexibility index (Phi) is 2.25. The summed E-state index contributed by atoms with van der Waals surface area (Å²) in [7, 11) is 0. The molecular formula is C12H20. The monoisotopic (exact) mass is 164 g/mol. The van der Waals surface area contributed by atoms with Gasteiger partial charge in [-0.3, -0.25) is 0 Å². The van der Waals surface area contributed by atoms with E-state index in [0.717, 1.165) is 0 Å². The third kappa shape index (κ3) is 1.66. The van der Waals surface area contributed by atoms with Gasteiger partial charge in [-0.05, 0) is 32.1 Å². The van der Waals surface area contributed by atoms with Crippen LogP contribution in [0.4, 0.5) is 0 Å². The first-order valence-corrected chi connectivity index (χ1v) is 4.88. The minimum absolute atomic E-state index is 0.178. The van der Waals surface area contributed by atoms with Crippen molar-refractivity contribution in [1.82, 2.24) is 0 Å². The molecule has 1 unspecified atom stereocenters. The lowest BCUT2D eigenvalue weighted by molar-refractivity contribution is 0.158. The van der Waals surface area contributed by atoms with Gasteiger partial charge in [0.25, 0.3) is 0 Å². The zero-order valence-electron chi connectivity index (χ0n) is 8.99. The van der Waals surface area contributed by atoms with E-state index in [2.05, 4.69) is 46.5 Å². The maximum Gasteiger partial charge on any atom is 0.0309 e. The van der Waals surface area contributed by atoms with E-state index < -0.39 is 0 Å². The summed E-state index contributed by atoms with van der Waals surface area (Å²) in [4.78, 5) is 0. The molecule has 0 aromatic rings. The van der Waals surface area contributed by atoms with Gasteiger partial charge in [-0.15, -0.1) is 0 Å². The van der Waals surface area contributed by atoms with Crippen molar-refractivity contribution in [3.8, 4) is 11.8 Å². The van der Waals surface area contributed by atoms with Crippen molar-refractivity contribution in [3.63, 3.8) is 0 Å². The third-order valence-corrected chi connectivity index (χ3v) is 3.53.